The van der Waals surface area contributed by atoms with Crippen LogP contribution in [-0.2, 0) is 6.54 Å². The summed E-state index contributed by atoms with van der Waals surface area (Å²) < 4.78 is 12.0. The molecule has 106 valence electrons. The summed E-state index contributed by atoms with van der Waals surface area (Å²) in [7, 11) is 3.05. The highest BCUT2D eigenvalue weighted by atomic mass is 16.5. The van der Waals surface area contributed by atoms with Crippen molar-refractivity contribution >= 4 is 5.97 Å². The number of pyridine rings is 1. The Morgan fingerprint density at radius 2 is 2.10 bits per heavy atom. The number of aromatic nitrogens is 3. The van der Waals surface area contributed by atoms with Gasteiger partial charge in [0.1, 0.15) is 17.2 Å². The van der Waals surface area contributed by atoms with E-state index < -0.39 is 5.97 Å². The van der Waals surface area contributed by atoms with Gasteiger partial charge >= 0.3 is 5.97 Å². The molecule has 1 N–H and O–H groups in total. The molecule has 0 amide bonds. The average Bonchev–Trinajstić information content (AvgIpc) is 2.80. The third kappa shape index (κ3) is 2.42. The Morgan fingerprint density at radius 3 is 2.70 bits per heavy atom. The van der Waals surface area contributed by atoms with Gasteiger partial charge in [0.25, 0.3) is 0 Å². The maximum Gasteiger partial charge on any atom is 0.354 e. The molecule has 7 heteroatoms. The number of aromatic carboxylic acids is 1. The van der Waals surface area contributed by atoms with Crippen molar-refractivity contribution in [1.82, 2.24) is 14.5 Å². The minimum atomic E-state index is -1.03. The fourth-order valence-corrected chi connectivity index (χ4v) is 1.95. The number of hydrogen-bond donors (Lipinski definition) is 1. The van der Waals surface area contributed by atoms with Gasteiger partial charge in [-0.25, -0.2) is 9.78 Å². The Labute approximate surface area is 115 Å². The van der Waals surface area contributed by atoms with E-state index in [1.165, 1.54) is 20.4 Å². The van der Waals surface area contributed by atoms with Crippen LogP contribution >= 0.6 is 0 Å². The molecule has 0 aliphatic carbocycles. The number of rotatable bonds is 5. The summed E-state index contributed by atoms with van der Waals surface area (Å²) in [6.45, 7) is 1.98. The molecule has 7 nitrogen and oxygen atoms in total. The van der Waals surface area contributed by atoms with Gasteiger partial charge in [0.2, 0.25) is 0 Å². The van der Waals surface area contributed by atoms with E-state index in [1.54, 1.807) is 23.8 Å². The number of carboxylic acids is 1. The van der Waals surface area contributed by atoms with E-state index in [0.717, 1.165) is 0 Å². The van der Waals surface area contributed by atoms with Crippen LogP contribution in [0.1, 0.15) is 22.0 Å². The topological polar surface area (TPSA) is 86.5 Å². The Balaban J connectivity index is 2.45. The Bertz CT molecular complexity index is 637. The lowest BCUT2D eigenvalue weighted by molar-refractivity contribution is 0.0685. The van der Waals surface area contributed by atoms with Crippen molar-refractivity contribution in [2.24, 2.45) is 0 Å². The van der Waals surface area contributed by atoms with Crippen LogP contribution in [0.25, 0.3) is 0 Å². The number of hydrogen-bond acceptors (Lipinski definition) is 5. The molecule has 0 aromatic carbocycles. The van der Waals surface area contributed by atoms with Crippen LogP contribution in [0.2, 0.25) is 0 Å². The molecule has 20 heavy (non-hydrogen) atoms. The number of nitrogens with zero attached hydrogens (tertiary/aromatic N) is 3. The number of carbonyl (C=O) groups is 1. The summed E-state index contributed by atoms with van der Waals surface area (Å²) >= 11 is 0. The third-order valence-corrected chi connectivity index (χ3v) is 2.95. The summed E-state index contributed by atoms with van der Waals surface area (Å²) in [5.74, 6) is 0.591. The molecule has 2 aromatic rings. The van der Waals surface area contributed by atoms with E-state index in [-0.39, 0.29) is 12.2 Å². The Kier molecular flexibility index (Phi) is 3.88. The normalized spacial score (nSPS) is 10.3. The zero-order valence-electron chi connectivity index (χ0n) is 11.5. The molecule has 0 aliphatic heterocycles. The smallest absolute Gasteiger partial charge is 0.354 e. The van der Waals surface area contributed by atoms with Crippen LogP contribution < -0.4 is 9.47 Å². The minimum Gasteiger partial charge on any atom is -0.493 e. The van der Waals surface area contributed by atoms with Crippen molar-refractivity contribution in [3.05, 3.63) is 35.7 Å². The molecule has 0 saturated carbocycles. The monoisotopic (exact) mass is 277 g/mol. The molecule has 0 unspecified atom stereocenters. The number of carboxylic acid groups (broad SMARTS) is 1. The second-order valence-electron chi connectivity index (χ2n) is 4.08. The number of methoxy groups -OCH3 is 2. The number of ether oxygens (including phenoxy) is 2. The van der Waals surface area contributed by atoms with Gasteiger partial charge in [-0.05, 0) is 6.92 Å². The van der Waals surface area contributed by atoms with Crippen LogP contribution in [0.4, 0.5) is 0 Å². The molecule has 2 aromatic heterocycles. The van der Waals surface area contributed by atoms with Gasteiger partial charge in [0, 0.05) is 12.3 Å². The van der Waals surface area contributed by atoms with E-state index in [4.69, 9.17) is 14.6 Å². The van der Waals surface area contributed by atoms with Gasteiger partial charge < -0.3 is 19.1 Å². The first kappa shape index (κ1) is 13.9. The van der Waals surface area contributed by atoms with Crippen molar-refractivity contribution in [2.75, 3.05) is 14.2 Å². The van der Waals surface area contributed by atoms with E-state index in [9.17, 15) is 4.79 Å². The van der Waals surface area contributed by atoms with Crippen LogP contribution in [0.15, 0.2) is 18.5 Å². The van der Waals surface area contributed by atoms with Gasteiger partial charge in [-0.2, -0.15) is 0 Å². The third-order valence-electron chi connectivity index (χ3n) is 2.95. The lowest BCUT2D eigenvalue weighted by Gasteiger charge is -2.13. The van der Waals surface area contributed by atoms with Gasteiger partial charge in [0.05, 0.1) is 27.0 Å². The zero-order valence-corrected chi connectivity index (χ0v) is 11.5. The molecule has 0 radical (unpaired) electrons. The Hall–Kier alpha value is -2.57. The van der Waals surface area contributed by atoms with E-state index in [2.05, 4.69) is 9.97 Å². The molecule has 0 spiro atoms. The largest absolute Gasteiger partial charge is 0.493 e. The first-order valence-electron chi connectivity index (χ1n) is 5.89. The first-order valence-corrected chi connectivity index (χ1v) is 5.89. The minimum absolute atomic E-state index is 0.106. The maximum absolute atomic E-state index is 11.2. The highest BCUT2D eigenvalue weighted by Gasteiger charge is 2.17. The van der Waals surface area contributed by atoms with Gasteiger partial charge in [-0.3, -0.25) is 4.98 Å². The summed E-state index contributed by atoms with van der Waals surface area (Å²) in [5, 5.41) is 9.15. The maximum atomic E-state index is 11.2. The first-order chi connectivity index (χ1) is 9.58. The highest BCUT2D eigenvalue weighted by Crippen LogP contribution is 2.29. The molecule has 2 rings (SSSR count). The van der Waals surface area contributed by atoms with E-state index in [1.807, 2.05) is 0 Å². The fourth-order valence-electron chi connectivity index (χ4n) is 1.95. The number of imidazole rings is 1. The lowest BCUT2D eigenvalue weighted by Crippen LogP contribution is -2.12. The zero-order chi connectivity index (χ0) is 14.7. The predicted molar refractivity (Wildman–Crippen MR) is 70.4 cm³/mol. The second kappa shape index (κ2) is 5.60. The van der Waals surface area contributed by atoms with E-state index >= 15 is 0 Å². The fraction of sp³-hybridized carbons (Fsp3) is 0.308. The molecule has 2 heterocycles. The molecule has 0 bridgehead atoms. The summed E-state index contributed by atoms with van der Waals surface area (Å²) in [6.07, 6.45) is 2.91. The number of aryl methyl sites for hydroxylation is 1. The molecule has 0 aliphatic rings. The molecule has 0 atom stereocenters. The van der Waals surface area contributed by atoms with E-state index in [0.29, 0.717) is 23.0 Å². The van der Waals surface area contributed by atoms with Crippen LogP contribution in [0.5, 0.6) is 11.5 Å². The molecular formula is C13H15N3O4. The van der Waals surface area contributed by atoms with Crippen LogP contribution in [0.3, 0.4) is 0 Å². The van der Waals surface area contributed by atoms with Crippen molar-refractivity contribution in [2.45, 2.75) is 13.5 Å². The quantitative estimate of drug-likeness (QED) is 0.887. The molecule has 0 saturated heterocycles. The summed E-state index contributed by atoms with van der Waals surface area (Å²) in [5.41, 5.74) is 0.685. The summed E-state index contributed by atoms with van der Waals surface area (Å²) in [4.78, 5) is 19.4. The Morgan fingerprint density at radius 1 is 1.35 bits per heavy atom. The van der Waals surface area contributed by atoms with Gasteiger partial charge in [-0.15, -0.1) is 0 Å². The van der Waals surface area contributed by atoms with Gasteiger partial charge in [0.15, 0.2) is 11.5 Å². The van der Waals surface area contributed by atoms with Crippen molar-refractivity contribution in [3.63, 3.8) is 0 Å². The van der Waals surface area contributed by atoms with Crippen molar-refractivity contribution in [1.29, 1.82) is 0 Å². The average molecular weight is 277 g/mol. The standard InChI is InChI=1S/C13H15N3O4/c1-8-15-6-10(13(17)18)16(8)7-9-12(20-3)11(19-2)4-5-14-9/h4-6H,7H2,1-3H3,(H,17,18). The molecule has 0 fully saturated rings. The predicted octanol–water partition coefficient (Wildman–Crippen LogP) is 1.35. The summed E-state index contributed by atoms with van der Waals surface area (Å²) in [6, 6.07) is 1.68. The highest BCUT2D eigenvalue weighted by molar-refractivity contribution is 5.85. The lowest BCUT2D eigenvalue weighted by atomic mass is 10.3. The SMILES string of the molecule is COc1ccnc(Cn2c(C(=O)O)cnc2C)c1OC. The molecular weight excluding hydrogens is 262 g/mol. The second-order valence-corrected chi connectivity index (χ2v) is 4.08. The van der Waals surface area contributed by atoms with Crippen molar-refractivity contribution in [3.8, 4) is 11.5 Å². The van der Waals surface area contributed by atoms with Crippen molar-refractivity contribution < 1.29 is 19.4 Å². The van der Waals surface area contributed by atoms with Crippen LogP contribution in [-0.4, -0.2) is 39.8 Å². The van der Waals surface area contributed by atoms with Crippen LogP contribution in [0, 0.1) is 6.92 Å². The van der Waals surface area contributed by atoms with Gasteiger partial charge in [-0.1, -0.05) is 0 Å².